The van der Waals surface area contributed by atoms with Crippen molar-refractivity contribution in [3.63, 3.8) is 0 Å². The Balaban J connectivity index is 1.46. The van der Waals surface area contributed by atoms with Gasteiger partial charge in [0.2, 0.25) is 0 Å². The van der Waals surface area contributed by atoms with Gasteiger partial charge < -0.3 is 18.6 Å². The molecule has 5 aromatic rings. The maximum absolute atomic E-state index is 12.7. The number of benzene rings is 3. The van der Waals surface area contributed by atoms with Gasteiger partial charge in [-0.15, -0.1) is 11.3 Å². The average molecular weight is 459 g/mol. The summed E-state index contributed by atoms with van der Waals surface area (Å²) in [7, 11) is 3.00. The van der Waals surface area contributed by atoms with E-state index in [9.17, 15) is 9.59 Å². The predicted molar refractivity (Wildman–Crippen MR) is 126 cm³/mol. The molecule has 164 valence electrons. The summed E-state index contributed by atoms with van der Waals surface area (Å²) in [5, 5.41) is 1.28. The normalized spacial score (nSPS) is 11.0. The summed E-state index contributed by atoms with van der Waals surface area (Å²) in [4.78, 5) is 29.9. The Kier molecular flexibility index (Phi) is 5.27. The van der Waals surface area contributed by atoms with E-state index in [2.05, 4.69) is 4.98 Å². The van der Waals surface area contributed by atoms with Crippen molar-refractivity contribution in [2.45, 2.75) is 0 Å². The maximum atomic E-state index is 12.7. The van der Waals surface area contributed by atoms with Crippen molar-refractivity contribution < 1.29 is 23.4 Å². The number of para-hydroxylation sites is 1. The molecule has 0 unspecified atom stereocenters. The summed E-state index contributed by atoms with van der Waals surface area (Å²) in [6.45, 7) is 0. The lowest BCUT2D eigenvalue weighted by Crippen LogP contribution is -2.09. The molecule has 0 fully saturated rings. The van der Waals surface area contributed by atoms with E-state index in [4.69, 9.17) is 18.6 Å². The number of hydrogen-bond donors (Lipinski definition) is 0. The molecule has 0 spiro atoms. The molecule has 5 rings (SSSR count). The highest BCUT2D eigenvalue weighted by atomic mass is 32.1. The SMILES string of the molecule is COc1cc(OC)cc(C(=O)Oc2ccc3cc(-c4nc5ccccc5s4)c(=O)oc3c2)c1. The topological polar surface area (TPSA) is 87.9 Å². The van der Waals surface area contributed by atoms with Crippen molar-refractivity contribution >= 4 is 38.5 Å². The molecule has 0 saturated heterocycles. The van der Waals surface area contributed by atoms with Crippen LogP contribution in [0.4, 0.5) is 0 Å². The lowest BCUT2D eigenvalue weighted by molar-refractivity contribution is 0.0734. The molecule has 2 aromatic heterocycles. The lowest BCUT2D eigenvalue weighted by Gasteiger charge is -2.09. The van der Waals surface area contributed by atoms with Crippen LogP contribution in [0.2, 0.25) is 0 Å². The molecule has 0 saturated carbocycles. The van der Waals surface area contributed by atoms with Gasteiger partial charge in [-0.05, 0) is 42.5 Å². The first-order chi connectivity index (χ1) is 16.0. The highest BCUT2D eigenvalue weighted by molar-refractivity contribution is 7.21. The Morgan fingerprint density at radius 2 is 1.67 bits per heavy atom. The molecule has 7 nitrogen and oxygen atoms in total. The van der Waals surface area contributed by atoms with Gasteiger partial charge in [-0.1, -0.05) is 12.1 Å². The molecule has 2 heterocycles. The van der Waals surface area contributed by atoms with E-state index >= 15 is 0 Å². The van der Waals surface area contributed by atoms with Crippen LogP contribution in [0.25, 0.3) is 31.8 Å². The van der Waals surface area contributed by atoms with Crippen LogP contribution in [-0.2, 0) is 0 Å². The van der Waals surface area contributed by atoms with E-state index in [0.29, 0.717) is 33.0 Å². The summed E-state index contributed by atoms with van der Waals surface area (Å²) in [6.07, 6.45) is 0. The molecule has 0 radical (unpaired) electrons. The van der Waals surface area contributed by atoms with Gasteiger partial charge in [0.25, 0.3) is 0 Å². The van der Waals surface area contributed by atoms with Crippen molar-refractivity contribution in [3.8, 4) is 27.8 Å². The second kappa shape index (κ2) is 8.40. The van der Waals surface area contributed by atoms with Crippen molar-refractivity contribution in [2.24, 2.45) is 0 Å². The Labute approximate surface area is 191 Å². The Morgan fingerprint density at radius 3 is 2.39 bits per heavy atom. The third-order valence-corrected chi connectivity index (χ3v) is 6.10. The van der Waals surface area contributed by atoms with Gasteiger partial charge >= 0.3 is 11.6 Å². The first-order valence-corrected chi connectivity index (χ1v) is 10.7. The highest BCUT2D eigenvalue weighted by Gasteiger charge is 2.15. The summed E-state index contributed by atoms with van der Waals surface area (Å²) in [5.74, 6) is 0.575. The van der Waals surface area contributed by atoms with Gasteiger partial charge in [-0.25, -0.2) is 14.6 Å². The summed E-state index contributed by atoms with van der Waals surface area (Å²) in [6, 6.07) is 19.1. The number of methoxy groups -OCH3 is 2. The zero-order valence-electron chi connectivity index (χ0n) is 17.7. The number of carbonyl (C=O) groups excluding carboxylic acids is 1. The molecule has 0 amide bonds. The quantitative estimate of drug-likeness (QED) is 0.200. The van der Waals surface area contributed by atoms with Crippen molar-refractivity contribution in [2.75, 3.05) is 14.2 Å². The molecule has 33 heavy (non-hydrogen) atoms. The van der Waals surface area contributed by atoms with Crippen LogP contribution in [-0.4, -0.2) is 25.2 Å². The summed E-state index contributed by atoms with van der Waals surface area (Å²) >= 11 is 1.43. The first-order valence-electron chi connectivity index (χ1n) is 9.93. The molecule has 0 aliphatic heterocycles. The fourth-order valence-corrected chi connectivity index (χ4v) is 4.35. The van der Waals surface area contributed by atoms with Crippen LogP contribution in [0.3, 0.4) is 0 Å². The number of aromatic nitrogens is 1. The minimum atomic E-state index is -0.597. The fraction of sp³-hybridized carbons (Fsp3) is 0.0800. The monoisotopic (exact) mass is 459 g/mol. The summed E-state index contributed by atoms with van der Waals surface area (Å²) < 4.78 is 22.4. The molecule has 0 bridgehead atoms. The van der Waals surface area contributed by atoms with Crippen LogP contribution in [0, 0.1) is 0 Å². The molecule has 0 aliphatic carbocycles. The molecule has 0 N–H and O–H groups in total. The predicted octanol–water partition coefficient (Wildman–Crippen LogP) is 5.31. The van der Waals surface area contributed by atoms with Gasteiger partial charge in [-0.3, -0.25) is 0 Å². The lowest BCUT2D eigenvalue weighted by atomic mass is 10.2. The minimum absolute atomic E-state index is 0.241. The van der Waals surface area contributed by atoms with E-state index in [1.165, 1.54) is 31.6 Å². The number of rotatable bonds is 5. The van der Waals surface area contributed by atoms with Gasteiger partial charge in [0, 0.05) is 17.5 Å². The molecule has 8 heteroatoms. The molecular formula is C25H17NO6S. The van der Waals surface area contributed by atoms with Crippen LogP contribution >= 0.6 is 11.3 Å². The largest absolute Gasteiger partial charge is 0.497 e. The standard InChI is InChI=1S/C25H17NO6S/c1-29-17-9-15(10-18(12-17)30-2)24(27)31-16-8-7-14-11-19(25(28)32-21(14)13-16)23-26-20-5-3-4-6-22(20)33-23/h3-13H,1-2H3. The summed E-state index contributed by atoms with van der Waals surface area (Å²) in [5.41, 5.74) is 1.27. The zero-order valence-corrected chi connectivity index (χ0v) is 18.5. The molecule has 0 aliphatic rings. The van der Waals surface area contributed by atoms with Gasteiger partial charge in [0.05, 0.1) is 35.6 Å². The zero-order chi connectivity index (χ0) is 22.9. The van der Waals surface area contributed by atoms with Crippen LogP contribution in [0.15, 0.2) is 75.9 Å². The van der Waals surface area contributed by atoms with Crippen LogP contribution in [0.1, 0.15) is 10.4 Å². The maximum Gasteiger partial charge on any atom is 0.346 e. The first kappa shape index (κ1) is 20.7. The Morgan fingerprint density at radius 1 is 0.909 bits per heavy atom. The third kappa shape index (κ3) is 4.04. The highest BCUT2D eigenvalue weighted by Crippen LogP contribution is 2.31. The van der Waals surface area contributed by atoms with E-state index in [1.54, 1.807) is 36.4 Å². The van der Waals surface area contributed by atoms with Crippen LogP contribution < -0.4 is 19.8 Å². The van der Waals surface area contributed by atoms with E-state index in [1.807, 2.05) is 24.3 Å². The smallest absolute Gasteiger partial charge is 0.346 e. The second-order valence-electron chi connectivity index (χ2n) is 7.12. The Bertz CT molecular complexity index is 1510. The number of nitrogens with zero attached hydrogens (tertiary/aromatic N) is 1. The van der Waals surface area contributed by atoms with Crippen molar-refractivity contribution in [1.82, 2.24) is 4.98 Å². The molecule has 0 atom stereocenters. The number of esters is 1. The van der Waals surface area contributed by atoms with Gasteiger partial charge in [0.15, 0.2) is 0 Å². The number of thiazole rings is 1. The number of ether oxygens (including phenoxy) is 3. The van der Waals surface area contributed by atoms with Crippen LogP contribution in [0.5, 0.6) is 17.2 Å². The third-order valence-electron chi connectivity index (χ3n) is 5.03. The van der Waals surface area contributed by atoms with E-state index in [0.717, 1.165) is 10.2 Å². The number of hydrogen-bond acceptors (Lipinski definition) is 8. The fourth-order valence-electron chi connectivity index (χ4n) is 3.38. The Hall–Kier alpha value is -4.17. The molecular weight excluding hydrogens is 442 g/mol. The van der Waals surface area contributed by atoms with Crippen molar-refractivity contribution in [1.29, 1.82) is 0 Å². The minimum Gasteiger partial charge on any atom is -0.497 e. The van der Waals surface area contributed by atoms with Crippen molar-refractivity contribution in [3.05, 3.63) is 82.7 Å². The van der Waals surface area contributed by atoms with Gasteiger partial charge in [-0.2, -0.15) is 0 Å². The second-order valence-corrected chi connectivity index (χ2v) is 8.16. The van der Waals surface area contributed by atoms with E-state index in [-0.39, 0.29) is 11.3 Å². The number of fused-ring (bicyclic) bond motifs is 2. The number of carbonyl (C=O) groups is 1. The molecule has 3 aromatic carbocycles. The average Bonchev–Trinajstić information content (AvgIpc) is 3.27. The van der Waals surface area contributed by atoms with E-state index < -0.39 is 11.6 Å². The van der Waals surface area contributed by atoms with Gasteiger partial charge in [0.1, 0.15) is 27.8 Å².